The summed E-state index contributed by atoms with van der Waals surface area (Å²) in [6.07, 6.45) is 0.806. The van der Waals surface area contributed by atoms with Crippen LogP contribution in [-0.2, 0) is 9.53 Å². The normalized spacial score (nSPS) is 12.2. The zero-order valence-corrected chi connectivity index (χ0v) is 14.1. The number of aromatic nitrogens is 2. The summed E-state index contributed by atoms with van der Waals surface area (Å²) in [6.45, 7) is 8.20. The van der Waals surface area contributed by atoms with E-state index >= 15 is 0 Å². The fourth-order valence-electron chi connectivity index (χ4n) is 1.99. The van der Waals surface area contributed by atoms with E-state index in [1.165, 1.54) is 11.8 Å². The standard InChI is InChI=1S/C16H20N2O3S/c1-5-6-20-15(19)12(4)22-16-18-17-14(21-16)13-8-10(2)7-11(3)9-13/h7-9,12H,5-6H2,1-4H3. The predicted molar refractivity (Wildman–Crippen MR) is 85.8 cm³/mol. The van der Waals surface area contributed by atoms with Crippen molar-refractivity contribution in [2.24, 2.45) is 0 Å². The highest BCUT2D eigenvalue weighted by Crippen LogP contribution is 2.27. The van der Waals surface area contributed by atoms with Crippen LogP contribution in [0.2, 0.25) is 0 Å². The number of hydrogen-bond acceptors (Lipinski definition) is 6. The van der Waals surface area contributed by atoms with Gasteiger partial charge in [-0.3, -0.25) is 4.79 Å². The van der Waals surface area contributed by atoms with Gasteiger partial charge in [0.15, 0.2) is 0 Å². The molecule has 2 aromatic rings. The molecule has 0 N–H and O–H groups in total. The molecule has 0 aliphatic rings. The quantitative estimate of drug-likeness (QED) is 0.596. The van der Waals surface area contributed by atoms with Crippen LogP contribution in [0.15, 0.2) is 27.8 Å². The smallest absolute Gasteiger partial charge is 0.319 e. The number of aryl methyl sites for hydroxylation is 2. The van der Waals surface area contributed by atoms with Crippen molar-refractivity contribution in [3.63, 3.8) is 0 Å². The second kappa shape index (κ2) is 7.45. The zero-order valence-electron chi connectivity index (χ0n) is 13.3. The van der Waals surface area contributed by atoms with Crippen LogP contribution in [0.5, 0.6) is 0 Å². The topological polar surface area (TPSA) is 65.2 Å². The highest BCUT2D eigenvalue weighted by atomic mass is 32.2. The molecule has 1 aromatic heterocycles. The van der Waals surface area contributed by atoms with Gasteiger partial charge in [-0.15, -0.1) is 10.2 Å². The Morgan fingerprint density at radius 1 is 1.27 bits per heavy atom. The van der Waals surface area contributed by atoms with Crippen molar-refractivity contribution >= 4 is 17.7 Å². The third kappa shape index (κ3) is 4.34. The van der Waals surface area contributed by atoms with Crippen LogP contribution < -0.4 is 0 Å². The fourth-order valence-corrected chi connectivity index (χ4v) is 2.67. The minimum atomic E-state index is -0.376. The highest BCUT2D eigenvalue weighted by Gasteiger charge is 2.19. The SMILES string of the molecule is CCCOC(=O)C(C)Sc1nnc(-c2cc(C)cc(C)c2)o1. The number of esters is 1. The molecule has 0 saturated carbocycles. The lowest BCUT2D eigenvalue weighted by molar-refractivity contribution is -0.142. The van der Waals surface area contributed by atoms with E-state index in [-0.39, 0.29) is 11.2 Å². The van der Waals surface area contributed by atoms with E-state index in [1.54, 1.807) is 6.92 Å². The molecule has 0 aliphatic heterocycles. The van der Waals surface area contributed by atoms with Crippen LogP contribution in [0.4, 0.5) is 0 Å². The Balaban J connectivity index is 2.06. The van der Waals surface area contributed by atoms with E-state index in [2.05, 4.69) is 16.3 Å². The van der Waals surface area contributed by atoms with Gasteiger partial charge in [-0.25, -0.2) is 0 Å². The van der Waals surface area contributed by atoms with Crippen molar-refractivity contribution < 1.29 is 13.9 Å². The maximum absolute atomic E-state index is 11.7. The first-order valence-electron chi connectivity index (χ1n) is 7.25. The van der Waals surface area contributed by atoms with Gasteiger partial charge in [0, 0.05) is 5.56 Å². The molecule has 118 valence electrons. The molecule has 1 atom stereocenters. The van der Waals surface area contributed by atoms with Gasteiger partial charge < -0.3 is 9.15 Å². The number of hydrogen-bond donors (Lipinski definition) is 0. The number of thioether (sulfide) groups is 1. The minimum Gasteiger partial charge on any atom is -0.465 e. The zero-order chi connectivity index (χ0) is 16.1. The molecule has 0 spiro atoms. The van der Waals surface area contributed by atoms with Crippen LogP contribution in [0, 0.1) is 13.8 Å². The number of ether oxygens (including phenoxy) is 1. The van der Waals surface area contributed by atoms with Crippen molar-refractivity contribution in [1.82, 2.24) is 10.2 Å². The van der Waals surface area contributed by atoms with Crippen LogP contribution in [0.25, 0.3) is 11.5 Å². The molecule has 2 rings (SSSR count). The van der Waals surface area contributed by atoms with Gasteiger partial charge in [0.1, 0.15) is 5.25 Å². The van der Waals surface area contributed by atoms with E-state index in [0.29, 0.717) is 17.7 Å². The van der Waals surface area contributed by atoms with Crippen LogP contribution in [-0.4, -0.2) is 28.0 Å². The monoisotopic (exact) mass is 320 g/mol. The molecular formula is C16H20N2O3S. The average Bonchev–Trinajstić information content (AvgIpc) is 2.92. The molecule has 22 heavy (non-hydrogen) atoms. The minimum absolute atomic E-state index is 0.266. The number of rotatable bonds is 6. The summed E-state index contributed by atoms with van der Waals surface area (Å²) >= 11 is 1.21. The lowest BCUT2D eigenvalue weighted by Gasteiger charge is -2.07. The Morgan fingerprint density at radius 2 is 1.95 bits per heavy atom. The number of carbonyl (C=O) groups is 1. The molecule has 0 radical (unpaired) electrons. The van der Waals surface area contributed by atoms with Crippen molar-refractivity contribution in [1.29, 1.82) is 0 Å². The molecule has 1 aromatic carbocycles. The summed E-state index contributed by atoms with van der Waals surface area (Å²) in [5.74, 6) is 0.196. The molecule has 1 unspecified atom stereocenters. The first kappa shape index (κ1) is 16.5. The molecule has 0 bridgehead atoms. The van der Waals surface area contributed by atoms with E-state index in [1.807, 2.05) is 32.9 Å². The van der Waals surface area contributed by atoms with Crippen LogP contribution in [0.1, 0.15) is 31.4 Å². The summed E-state index contributed by atoms with van der Waals surface area (Å²) in [5.41, 5.74) is 3.16. The van der Waals surface area contributed by atoms with Crippen molar-refractivity contribution in [2.75, 3.05) is 6.61 Å². The third-order valence-electron chi connectivity index (χ3n) is 2.93. The Hall–Kier alpha value is -1.82. The summed E-state index contributed by atoms with van der Waals surface area (Å²) < 4.78 is 10.7. The molecule has 0 amide bonds. The van der Waals surface area contributed by atoms with E-state index in [9.17, 15) is 4.79 Å². The van der Waals surface area contributed by atoms with Crippen molar-refractivity contribution in [3.8, 4) is 11.5 Å². The Labute approximate surface area is 134 Å². The van der Waals surface area contributed by atoms with Gasteiger partial charge in [-0.2, -0.15) is 0 Å². The number of carbonyl (C=O) groups excluding carboxylic acids is 1. The molecule has 0 fully saturated rings. The maximum Gasteiger partial charge on any atom is 0.319 e. The lowest BCUT2D eigenvalue weighted by Crippen LogP contribution is -2.17. The Kier molecular flexibility index (Phi) is 5.60. The van der Waals surface area contributed by atoms with E-state index in [0.717, 1.165) is 23.1 Å². The second-order valence-corrected chi connectivity index (χ2v) is 6.47. The molecule has 5 nitrogen and oxygen atoms in total. The van der Waals surface area contributed by atoms with Gasteiger partial charge in [-0.1, -0.05) is 35.9 Å². The summed E-state index contributed by atoms with van der Waals surface area (Å²) in [4.78, 5) is 11.7. The largest absolute Gasteiger partial charge is 0.465 e. The predicted octanol–water partition coefficient (Wildman–Crippen LogP) is 3.79. The summed E-state index contributed by atoms with van der Waals surface area (Å²) in [5, 5.41) is 8.04. The average molecular weight is 320 g/mol. The van der Waals surface area contributed by atoms with Gasteiger partial charge in [0.05, 0.1) is 6.61 Å². The van der Waals surface area contributed by atoms with Gasteiger partial charge in [-0.05, 0) is 39.3 Å². The number of benzene rings is 1. The van der Waals surface area contributed by atoms with Crippen molar-refractivity contribution in [2.45, 2.75) is 44.6 Å². The Bertz CT molecular complexity index is 634. The second-order valence-electron chi connectivity index (χ2n) is 5.18. The lowest BCUT2D eigenvalue weighted by atomic mass is 10.1. The molecule has 1 heterocycles. The van der Waals surface area contributed by atoms with Crippen molar-refractivity contribution in [3.05, 3.63) is 29.3 Å². The van der Waals surface area contributed by atoms with Crippen LogP contribution in [0.3, 0.4) is 0 Å². The highest BCUT2D eigenvalue weighted by molar-refractivity contribution is 8.00. The van der Waals surface area contributed by atoms with Crippen LogP contribution >= 0.6 is 11.8 Å². The summed E-state index contributed by atoms with van der Waals surface area (Å²) in [6, 6.07) is 6.07. The maximum atomic E-state index is 11.7. The van der Waals surface area contributed by atoms with Gasteiger partial charge in [0.2, 0.25) is 5.89 Å². The van der Waals surface area contributed by atoms with E-state index < -0.39 is 0 Å². The first-order valence-corrected chi connectivity index (χ1v) is 8.13. The molecule has 0 aliphatic carbocycles. The number of nitrogens with zero attached hydrogens (tertiary/aromatic N) is 2. The van der Waals surface area contributed by atoms with Gasteiger partial charge in [0.25, 0.3) is 5.22 Å². The van der Waals surface area contributed by atoms with E-state index in [4.69, 9.17) is 9.15 Å². The Morgan fingerprint density at radius 3 is 2.59 bits per heavy atom. The third-order valence-corrected chi connectivity index (χ3v) is 3.85. The molecule has 6 heteroatoms. The molecule has 0 saturated heterocycles. The fraction of sp³-hybridized carbons (Fsp3) is 0.438. The first-order chi connectivity index (χ1) is 10.5. The summed E-state index contributed by atoms with van der Waals surface area (Å²) in [7, 11) is 0. The molecular weight excluding hydrogens is 300 g/mol. The van der Waals surface area contributed by atoms with Gasteiger partial charge >= 0.3 is 5.97 Å².